The van der Waals surface area contributed by atoms with Crippen LogP contribution in [0.3, 0.4) is 0 Å². The van der Waals surface area contributed by atoms with Crippen molar-refractivity contribution in [1.29, 1.82) is 0 Å². The molecule has 0 aliphatic heterocycles. The molecule has 108 valence electrons. The fourth-order valence-corrected chi connectivity index (χ4v) is 1.77. The molecular weight excluding hydrogens is 375 g/mol. The molecule has 0 fully saturated rings. The van der Waals surface area contributed by atoms with E-state index in [1.54, 1.807) is 12.1 Å². The zero-order valence-electron chi connectivity index (χ0n) is 10.9. The summed E-state index contributed by atoms with van der Waals surface area (Å²) in [5.74, 6) is -1.19. The SMILES string of the molecule is CC(=O)NC(Cc1ccc(O)cc1)C(=O)NC(=O)CI. The van der Waals surface area contributed by atoms with Crippen molar-refractivity contribution in [3.05, 3.63) is 29.8 Å². The highest BCUT2D eigenvalue weighted by atomic mass is 127. The molecular formula is C13H15IN2O4. The maximum Gasteiger partial charge on any atom is 0.249 e. The molecule has 7 heteroatoms. The van der Waals surface area contributed by atoms with Gasteiger partial charge in [-0.3, -0.25) is 19.7 Å². The Bertz CT molecular complexity index is 502. The third kappa shape index (κ3) is 5.55. The van der Waals surface area contributed by atoms with E-state index in [9.17, 15) is 19.5 Å². The molecule has 3 amide bonds. The number of carbonyl (C=O) groups is 3. The van der Waals surface area contributed by atoms with Crippen LogP contribution in [0.1, 0.15) is 12.5 Å². The van der Waals surface area contributed by atoms with Crippen molar-refractivity contribution in [3.63, 3.8) is 0 Å². The summed E-state index contributed by atoms with van der Waals surface area (Å²) in [4.78, 5) is 34.3. The summed E-state index contributed by atoms with van der Waals surface area (Å²) in [6, 6.07) is 5.46. The van der Waals surface area contributed by atoms with E-state index >= 15 is 0 Å². The molecule has 0 saturated heterocycles. The Kier molecular flexibility index (Phi) is 6.43. The molecule has 1 aromatic rings. The van der Waals surface area contributed by atoms with Gasteiger partial charge in [0, 0.05) is 13.3 Å². The van der Waals surface area contributed by atoms with Crippen molar-refractivity contribution in [2.45, 2.75) is 19.4 Å². The number of phenols is 1. The van der Waals surface area contributed by atoms with Gasteiger partial charge in [0.2, 0.25) is 17.7 Å². The molecule has 6 nitrogen and oxygen atoms in total. The topological polar surface area (TPSA) is 95.5 Å². The lowest BCUT2D eigenvalue weighted by molar-refractivity contribution is -0.132. The van der Waals surface area contributed by atoms with Crippen molar-refractivity contribution in [2.75, 3.05) is 4.43 Å². The number of hydrogen-bond acceptors (Lipinski definition) is 4. The van der Waals surface area contributed by atoms with Crippen molar-refractivity contribution >= 4 is 40.3 Å². The fraction of sp³-hybridized carbons (Fsp3) is 0.308. The van der Waals surface area contributed by atoms with Crippen LogP contribution in [0, 0.1) is 0 Å². The summed E-state index contributed by atoms with van der Waals surface area (Å²) >= 11 is 1.84. The molecule has 0 spiro atoms. The van der Waals surface area contributed by atoms with Gasteiger partial charge in [-0.25, -0.2) is 0 Å². The highest BCUT2D eigenvalue weighted by molar-refractivity contribution is 14.1. The number of nitrogens with one attached hydrogen (secondary N) is 2. The predicted octanol–water partition coefficient (Wildman–Crippen LogP) is 0.517. The molecule has 20 heavy (non-hydrogen) atoms. The molecule has 0 radical (unpaired) electrons. The van der Waals surface area contributed by atoms with Gasteiger partial charge < -0.3 is 10.4 Å². The van der Waals surface area contributed by atoms with Gasteiger partial charge in [-0.15, -0.1) is 0 Å². The summed E-state index contributed by atoms with van der Waals surface area (Å²) in [6.45, 7) is 1.30. The predicted molar refractivity (Wildman–Crippen MR) is 81.5 cm³/mol. The van der Waals surface area contributed by atoms with E-state index in [1.165, 1.54) is 19.1 Å². The zero-order valence-corrected chi connectivity index (χ0v) is 13.0. The van der Waals surface area contributed by atoms with Crippen LogP contribution >= 0.6 is 22.6 Å². The first kappa shape index (κ1) is 16.4. The van der Waals surface area contributed by atoms with E-state index in [0.29, 0.717) is 0 Å². The molecule has 0 aliphatic carbocycles. The average molecular weight is 390 g/mol. The van der Waals surface area contributed by atoms with Crippen LogP contribution in [0.2, 0.25) is 0 Å². The van der Waals surface area contributed by atoms with Gasteiger partial charge in [-0.1, -0.05) is 34.7 Å². The van der Waals surface area contributed by atoms with Crippen LogP contribution in [0.5, 0.6) is 5.75 Å². The fourth-order valence-electron chi connectivity index (χ4n) is 1.58. The van der Waals surface area contributed by atoms with Crippen LogP contribution in [0.4, 0.5) is 0 Å². The summed E-state index contributed by atoms with van der Waals surface area (Å²) in [6.07, 6.45) is 0.236. The third-order valence-corrected chi connectivity index (χ3v) is 3.15. The van der Waals surface area contributed by atoms with E-state index < -0.39 is 17.9 Å². The molecule has 1 atom stereocenters. The van der Waals surface area contributed by atoms with Crippen LogP contribution in [-0.4, -0.2) is 33.3 Å². The van der Waals surface area contributed by atoms with Gasteiger partial charge in [0.05, 0.1) is 4.43 Å². The molecule has 1 aromatic carbocycles. The van der Waals surface area contributed by atoms with E-state index in [4.69, 9.17) is 0 Å². The largest absolute Gasteiger partial charge is 0.508 e. The number of alkyl halides is 1. The molecule has 0 aromatic heterocycles. The van der Waals surface area contributed by atoms with Gasteiger partial charge >= 0.3 is 0 Å². The molecule has 1 unspecified atom stereocenters. The first-order chi connectivity index (χ1) is 9.42. The van der Waals surface area contributed by atoms with Gasteiger partial charge in [0.25, 0.3) is 0 Å². The van der Waals surface area contributed by atoms with Gasteiger partial charge in [0.1, 0.15) is 11.8 Å². The number of halogens is 1. The number of carbonyl (C=O) groups excluding carboxylic acids is 3. The summed E-state index contributed by atoms with van der Waals surface area (Å²) in [5.41, 5.74) is 0.763. The number of phenolic OH excluding ortho intramolecular Hbond substituents is 1. The highest BCUT2D eigenvalue weighted by Crippen LogP contribution is 2.11. The van der Waals surface area contributed by atoms with Gasteiger partial charge in [-0.2, -0.15) is 0 Å². The molecule has 3 N–H and O–H groups in total. The van der Waals surface area contributed by atoms with E-state index in [2.05, 4.69) is 10.6 Å². The molecule has 1 rings (SSSR count). The second-order valence-corrected chi connectivity index (χ2v) is 4.93. The molecule has 0 heterocycles. The van der Waals surface area contributed by atoms with Crippen molar-refractivity contribution in [3.8, 4) is 5.75 Å². The Morgan fingerprint density at radius 3 is 2.35 bits per heavy atom. The Hall–Kier alpha value is -1.64. The Balaban J connectivity index is 2.78. The average Bonchev–Trinajstić information content (AvgIpc) is 2.39. The highest BCUT2D eigenvalue weighted by Gasteiger charge is 2.21. The van der Waals surface area contributed by atoms with Crippen LogP contribution in [0.25, 0.3) is 0 Å². The minimum atomic E-state index is -0.830. The summed E-state index contributed by atoms with van der Waals surface area (Å²) < 4.78 is 0.162. The lowest BCUT2D eigenvalue weighted by Crippen LogP contribution is -2.49. The number of aromatic hydroxyl groups is 1. The van der Waals surface area contributed by atoms with E-state index in [0.717, 1.165) is 5.56 Å². The van der Waals surface area contributed by atoms with Crippen LogP contribution in [0.15, 0.2) is 24.3 Å². The minimum Gasteiger partial charge on any atom is -0.508 e. The third-order valence-electron chi connectivity index (χ3n) is 2.45. The van der Waals surface area contributed by atoms with E-state index in [-0.39, 0.29) is 22.5 Å². The minimum absolute atomic E-state index is 0.120. The lowest BCUT2D eigenvalue weighted by atomic mass is 10.0. The normalized spacial score (nSPS) is 11.5. The van der Waals surface area contributed by atoms with Crippen molar-refractivity contribution in [1.82, 2.24) is 10.6 Å². The number of rotatable bonds is 5. The zero-order chi connectivity index (χ0) is 15.1. The number of amides is 3. The summed E-state index contributed by atoms with van der Waals surface area (Å²) in [7, 11) is 0. The first-order valence-electron chi connectivity index (χ1n) is 5.87. The van der Waals surface area contributed by atoms with Crippen LogP contribution in [-0.2, 0) is 20.8 Å². The Morgan fingerprint density at radius 2 is 1.85 bits per heavy atom. The van der Waals surface area contributed by atoms with Gasteiger partial charge in [0.15, 0.2) is 0 Å². The maximum atomic E-state index is 11.9. The standard InChI is InChI=1S/C13H15IN2O4/c1-8(17)15-11(13(20)16-12(19)7-14)6-9-2-4-10(18)5-3-9/h2-5,11,18H,6-7H2,1H3,(H,15,17)(H,16,19,20). The van der Waals surface area contributed by atoms with Crippen LogP contribution < -0.4 is 10.6 Å². The summed E-state index contributed by atoms with van der Waals surface area (Å²) in [5, 5.41) is 13.9. The molecule has 0 saturated carbocycles. The Labute approximate surface area is 130 Å². The van der Waals surface area contributed by atoms with Gasteiger partial charge in [-0.05, 0) is 17.7 Å². The first-order valence-corrected chi connectivity index (χ1v) is 7.39. The number of benzene rings is 1. The monoisotopic (exact) mass is 390 g/mol. The van der Waals surface area contributed by atoms with Crippen molar-refractivity contribution in [2.24, 2.45) is 0 Å². The molecule has 0 aliphatic rings. The van der Waals surface area contributed by atoms with Crippen molar-refractivity contribution < 1.29 is 19.5 Å². The quantitative estimate of drug-likeness (QED) is 0.505. The smallest absolute Gasteiger partial charge is 0.249 e. The maximum absolute atomic E-state index is 11.9. The second kappa shape index (κ2) is 7.83. The lowest BCUT2D eigenvalue weighted by Gasteiger charge is -2.17. The molecule has 0 bridgehead atoms. The second-order valence-electron chi connectivity index (χ2n) is 4.17. The van der Waals surface area contributed by atoms with E-state index in [1.807, 2.05) is 22.6 Å². The Morgan fingerprint density at radius 1 is 1.25 bits per heavy atom. The number of hydrogen-bond donors (Lipinski definition) is 3. The number of imide groups is 1.